The molecule has 4 amide bonds. The molecular formula is C38H40N6O7. The van der Waals surface area contributed by atoms with E-state index in [2.05, 4.69) is 20.6 Å². The summed E-state index contributed by atoms with van der Waals surface area (Å²) in [5, 5.41) is 14.9. The minimum absolute atomic E-state index is 0.113. The number of carbonyl (C=O) groups is 5. The number of fused-ring (bicyclic) bond motifs is 1. The SMILES string of the molecule is COC(=O)NC(C(=O)N1CCCC1c1ncc(-c2ccc(-c3ccc(C(=O)CNC(=O)C4c5ccccc5CN4C(=O)O)cc3)cc2)[nH]1)C(C)C. The number of alkyl carbamates (subject to hydrolysis) is 1. The van der Waals surface area contributed by atoms with Crippen LogP contribution < -0.4 is 10.6 Å². The highest BCUT2D eigenvalue weighted by molar-refractivity contribution is 6.00. The van der Waals surface area contributed by atoms with E-state index in [9.17, 15) is 29.1 Å². The highest BCUT2D eigenvalue weighted by atomic mass is 16.5. The Balaban J connectivity index is 1.07. The normalized spacial score (nSPS) is 17.2. The summed E-state index contributed by atoms with van der Waals surface area (Å²) < 4.78 is 4.73. The zero-order valence-corrected chi connectivity index (χ0v) is 28.6. The van der Waals surface area contributed by atoms with Gasteiger partial charge in [-0.1, -0.05) is 86.6 Å². The Hall–Kier alpha value is -5.98. The Labute approximate surface area is 295 Å². The lowest BCUT2D eigenvalue weighted by molar-refractivity contribution is -0.135. The summed E-state index contributed by atoms with van der Waals surface area (Å²) in [6.45, 7) is 4.18. The molecule has 264 valence electrons. The van der Waals surface area contributed by atoms with Crippen LogP contribution in [0.4, 0.5) is 9.59 Å². The largest absolute Gasteiger partial charge is 0.465 e. The molecule has 0 aliphatic carbocycles. The van der Waals surface area contributed by atoms with Crippen molar-refractivity contribution in [2.24, 2.45) is 5.92 Å². The quantitative estimate of drug-likeness (QED) is 0.162. The van der Waals surface area contributed by atoms with Crippen LogP contribution in [0, 0.1) is 5.92 Å². The molecule has 0 saturated carbocycles. The molecule has 13 nitrogen and oxygen atoms in total. The van der Waals surface area contributed by atoms with Gasteiger partial charge in [0.25, 0.3) is 0 Å². The summed E-state index contributed by atoms with van der Waals surface area (Å²) in [4.78, 5) is 74.0. The molecule has 3 aromatic carbocycles. The standard InChI is InChI=1S/C38H40N6O7/c1-22(2)32(42-37(48)51-3)36(47)43-18-6-9-30(43)34-39-19-29(41-34)25-14-10-23(11-15-25)24-12-16-26(17-13-24)31(45)20-40-35(46)33-28-8-5-4-7-27(28)21-44(33)38(49)50/h4-5,7-8,10-17,19,22,30,32-33H,6,9,18,20-21H2,1-3H3,(H,39,41)(H,40,46)(H,42,48)(H,49,50). The van der Waals surface area contributed by atoms with Gasteiger partial charge < -0.3 is 30.4 Å². The maximum absolute atomic E-state index is 13.5. The number of carboxylic acid groups (broad SMARTS) is 1. The molecule has 13 heteroatoms. The Bertz CT molecular complexity index is 1940. The second kappa shape index (κ2) is 14.9. The fraction of sp³-hybridized carbons (Fsp3) is 0.316. The highest BCUT2D eigenvalue weighted by Crippen LogP contribution is 2.35. The summed E-state index contributed by atoms with van der Waals surface area (Å²) in [6, 6.07) is 20.1. The first-order chi connectivity index (χ1) is 24.5. The number of amides is 4. The second-order valence-electron chi connectivity index (χ2n) is 13.0. The molecule has 6 rings (SSSR count). The maximum atomic E-state index is 13.5. The number of hydrogen-bond donors (Lipinski definition) is 4. The van der Waals surface area contributed by atoms with Gasteiger partial charge in [0.15, 0.2) is 5.78 Å². The number of aromatic nitrogens is 2. The first kappa shape index (κ1) is 34.9. The lowest BCUT2D eigenvalue weighted by atomic mass is 10.0. The van der Waals surface area contributed by atoms with Gasteiger partial charge in [0, 0.05) is 12.1 Å². The molecule has 4 N–H and O–H groups in total. The van der Waals surface area contributed by atoms with Crippen LogP contribution >= 0.6 is 0 Å². The summed E-state index contributed by atoms with van der Waals surface area (Å²) in [7, 11) is 1.27. The summed E-state index contributed by atoms with van der Waals surface area (Å²) in [5.74, 6) is -0.444. The van der Waals surface area contributed by atoms with E-state index in [4.69, 9.17) is 4.74 Å². The minimum atomic E-state index is -1.20. The van der Waals surface area contributed by atoms with Gasteiger partial charge in [0.05, 0.1) is 38.1 Å². The summed E-state index contributed by atoms with van der Waals surface area (Å²) in [6.07, 6.45) is 1.48. The van der Waals surface area contributed by atoms with Gasteiger partial charge >= 0.3 is 12.2 Å². The number of nitrogens with zero attached hydrogens (tertiary/aromatic N) is 3. The number of hydrogen-bond acceptors (Lipinski definition) is 7. The molecule has 1 saturated heterocycles. The van der Waals surface area contributed by atoms with Crippen LogP contribution in [0.3, 0.4) is 0 Å². The average molecular weight is 693 g/mol. The topological polar surface area (TPSA) is 174 Å². The molecule has 1 fully saturated rings. The molecule has 1 aromatic heterocycles. The molecule has 2 aliphatic rings. The predicted octanol–water partition coefficient (Wildman–Crippen LogP) is 5.32. The van der Waals surface area contributed by atoms with Crippen molar-refractivity contribution >= 4 is 29.8 Å². The number of rotatable bonds is 10. The Morgan fingerprint density at radius 3 is 2.27 bits per heavy atom. The van der Waals surface area contributed by atoms with Crippen LogP contribution in [-0.4, -0.2) is 80.9 Å². The lowest BCUT2D eigenvalue weighted by Gasteiger charge is -2.30. The van der Waals surface area contributed by atoms with Gasteiger partial charge in [0.1, 0.15) is 17.9 Å². The molecule has 0 radical (unpaired) electrons. The Morgan fingerprint density at radius 1 is 0.941 bits per heavy atom. The maximum Gasteiger partial charge on any atom is 0.408 e. The number of likely N-dealkylation sites (tertiary alicyclic amines) is 1. The zero-order chi connectivity index (χ0) is 36.2. The third-order valence-electron chi connectivity index (χ3n) is 9.49. The van der Waals surface area contributed by atoms with Crippen molar-refractivity contribution in [3.05, 3.63) is 102 Å². The van der Waals surface area contributed by atoms with Gasteiger partial charge in [-0.3, -0.25) is 19.3 Å². The van der Waals surface area contributed by atoms with Gasteiger partial charge in [-0.2, -0.15) is 0 Å². The minimum Gasteiger partial charge on any atom is -0.465 e. The molecule has 51 heavy (non-hydrogen) atoms. The van der Waals surface area contributed by atoms with E-state index in [0.29, 0.717) is 23.5 Å². The van der Waals surface area contributed by atoms with Crippen LogP contribution in [0.25, 0.3) is 22.4 Å². The summed E-state index contributed by atoms with van der Waals surface area (Å²) >= 11 is 0. The van der Waals surface area contributed by atoms with E-state index in [1.165, 1.54) is 7.11 Å². The number of aromatic amines is 1. The van der Waals surface area contributed by atoms with Crippen molar-refractivity contribution in [2.75, 3.05) is 20.2 Å². The van der Waals surface area contributed by atoms with Gasteiger partial charge in [-0.05, 0) is 46.6 Å². The van der Waals surface area contributed by atoms with Crippen LogP contribution in [0.5, 0.6) is 0 Å². The number of Topliss-reactive ketones (excluding diaryl/α,β-unsaturated/α-hetero) is 1. The van der Waals surface area contributed by atoms with E-state index < -0.39 is 30.2 Å². The smallest absolute Gasteiger partial charge is 0.408 e. The zero-order valence-electron chi connectivity index (χ0n) is 28.6. The molecule has 4 aromatic rings. The predicted molar refractivity (Wildman–Crippen MR) is 187 cm³/mol. The number of ketones is 1. The van der Waals surface area contributed by atoms with Gasteiger partial charge in [-0.25, -0.2) is 14.6 Å². The van der Waals surface area contributed by atoms with E-state index in [-0.39, 0.29) is 36.7 Å². The Morgan fingerprint density at radius 2 is 1.61 bits per heavy atom. The van der Waals surface area contributed by atoms with Gasteiger partial charge in [-0.15, -0.1) is 0 Å². The lowest BCUT2D eigenvalue weighted by Crippen LogP contribution is -2.51. The van der Waals surface area contributed by atoms with Crippen molar-refractivity contribution < 1.29 is 33.8 Å². The fourth-order valence-corrected chi connectivity index (χ4v) is 6.75. The molecule has 3 heterocycles. The number of carbonyl (C=O) groups excluding carboxylic acids is 4. The molecule has 3 unspecified atom stereocenters. The third kappa shape index (κ3) is 7.32. The molecule has 2 aliphatic heterocycles. The number of nitrogens with one attached hydrogen (secondary N) is 3. The highest BCUT2D eigenvalue weighted by Gasteiger charge is 2.39. The molecule has 0 bridgehead atoms. The van der Waals surface area contributed by atoms with Crippen molar-refractivity contribution in [3.8, 4) is 22.4 Å². The van der Waals surface area contributed by atoms with E-state index >= 15 is 0 Å². The van der Waals surface area contributed by atoms with E-state index in [0.717, 1.165) is 45.7 Å². The molecule has 3 atom stereocenters. The van der Waals surface area contributed by atoms with Crippen molar-refractivity contribution in [2.45, 2.75) is 51.4 Å². The monoisotopic (exact) mass is 692 g/mol. The van der Waals surface area contributed by atoms with Crippen LogP contribution in [0.15, 0.2) is 79.0 Å². The number of ether oxygens (including phenoxy) is 1. The van der Waals surface area contributed by atoms with Crippen LogP contribution in [0.2, 0.25) is 0 Å². The van der Waals surface area contributed by atoms with E-state index in [1.807, 2.05) is 50.2 Å². The number of methoxy groups -OCH3 is 1. The first-order valence-electron chi connectivity index (χ1n) is 16.8. The van der Waals surface area contributed by atoms with Crippen LogP contribution in [-0.2, 0) is 20.9 Å². The van der Waals surface area contributed by atoms with Crippen molar-refractivity contribution in [3.63, 3.8) is 0 Å². The van der Waals surface area contributed by atoms with Crippen molar-refractivity contribution in [1.29, 1.82) is 0 Å². The average Bonchev–Trinajstić information content (AvgIpc) is 3.91. The first-order valence-corrected chi connectivity index (χ1v) is 16.8. The number of H-pyrrole nitrogens is 1. The summed E-state index contributed by atoms with van der Waals surface area (Å²) in [5.41, 5.74) is 5.35. The molecule has 0 spiro atoms. The van der Waals surface area contributed by atoms with E-state index in [1.54, 1.807) is 47.5 Å². The second-order valence-corrected chi connectivity index (χ2v) is 13.0. The number of imidazole rings is 1. The van der Waals surface area contributed by atoms with Crippen LogP contribution in [0.1, 0.15) is 66.1 Å². The molecular weight excluding hydrogens is 652 g/mol. The fourth-order valence-electron chi connectivity index (χ4n) is 6.75. The van der Waals surface area contributed by atoms with Gasteiger partial charge in [0.2, 0.25) is 11.8 Å². The van der Waals surface area contributed by atoms with Crippen molar-refractivity contribution in [1.82, 2.24) is 30.4 Å². The number of benzene rings is 3. The Kier molecular flexibility index (Phi) is 10.2. The third-order valence-corrected chi connectivity index (χ3v) is 9.49.